The Bertz CT molecular complexity index is 1400. The highest BCUT2D eigenvalue weighted by Crippen LogP contribution is 2.36. The first-order valence-electron chi connectivity index (χ1n) is 9.41. The summed E-state index contributed by atoms with van der Waals surface area (Å²) in [5.74, 6) is -1.52. The van der Waals surface area contributed by atoms with E-state index in [1.54, 1.807) is 56.0 Å². The lowest BCUT2D eigenvalue weighted by Crippen LogP contribution is -2.40. The van der Waals surface area contributed by atoms with Gasteiger partial charge in [-0.05, 0) is 36.3 Å². The first-order chi connectivity index (χ1) is 15.1. The van der Waals surface area contributed by atoms with E-state index in [0.717, 1.165) is 16.9 Å². The molecule has 1 aliphatic heterocycles. The van der Waals surface area contributed by atoms with Crippen LogP contribution >= 0.6 is 11.3 Å². The molecule has 0 saturated heterocycles. The van der Waals surface area contributed by atoms with Gasteiger partial charge in [-0.1, -0.05) is 12.1 Å². The van der Waals surface area contributed by atoms with Crippen LogP contribution in [0.2, 0.25) is 0 Å². The highest BCUT2D eigenvalue weighted by Gasteiger charge is 2.36. The lowest BCUT2D eigenvalue weighted by atomic mass is 9.84. The number of hydrogen-bond acceptors (Lipinski definition) is 8. The Morgan fingerprint density at radius 2 is 2.06 bits per heavy atom. The molecular weight excluding hydrogens is 414 g/mol. The minimum Gasteiger partial charge on any atom is -0.463 e. The first-order valence-corrected chi connectivity index (χ1v) is 10.2. The molecule has 1 aliphatic rings. The van der Waals surface area contributed by atoms with Crippen LogP contribution in [0.1, 0.15) is 24.0 Å². The van der Waals surface area contributed by atoms with Gasteiger partial charge in [-0.25, -0.2) is 4.79 Å². The molecule has 0 saturated carbocycles. The van der Waals surface area contributed by atoms with Crippen molar-refractivity contribution in [2.75, 3.05) is 6.61 Å². The van der Waals surface area contributed by atoms with Gasteiger partial charge in [-0.2, -0.15) is 5.26 Å². The number of carbonyl (C=O) groups is 1. The minimum absolute atomic E-state index is 0.0478. The number of hydrogen-bond donors (Lipinski definition) is 1. The molecule has 0 unspecified atom stereocenters. The van der Waals surface area contributed by atoms with Crippen LogP contribution in [0.25, 0.3) is 17.5 Å². The second-order valence-electron chi connectivity index (χ2n) is 6.61. The normalized spacial score (nSPS) is 16.1. The highest BCUT2D eigenvalue weighted by atomic mass is 32.1. The third kappa shape index (κ3) is 3.53. The maximum atomic E-state index is 13.2. The number of nitriles is 1. The van der Waals surface area contributed by atoms with Gasteiger partial charge < -0.3 is 10.5 Å². The van der Waals surface area contributed by atoms with Crippen molar-refractivity contribution in [1.29, 1.82) is 5.26 Å². The minimum atomic E-state index is -0.790. The number of thiazole rings is 1. The lowest BCUT2D eigenvalue weighted by Gasteiger charge is -2.24. The number of rotatable bonds is 4. The number of nitrogens with zero attached hydrogens (tertiary/aromatic N) is 4. The Morgan fingerprint density at radius 3 is 2.68 bits per heavy atom. The van der Waals surface area contributed by atoms with E-state index in [-0.39, 0.29) is 23.6 Å². The Labute approximate surface area is 180 Å². The van der Waals surface area contributed by atoms with Gasteiger partial charge in [0.25, 0.3) is 5.56 Å². The summed E-state index contributed by atoms with van der Waals surface area (Å²) >= 11 is 1.14. The van der Waals surface area contributed by atoms with Gasteiger partial charge in [-0.15, -0.1) is 11.3 Å². The summed E-state index contributed by atoms with van der Waals surface area (Å²) in [6, 6.07) is 9.21. The van der Waals surface area contributed by atoms with Crippen molar-refractivity contribution in [2.24, 2.45) is 5.73 Å². The van der Waals surface area contributed by atoms with Crippen LogP contribution in [0.3, 0.4) is 0 Å². The van der Waals surface area contributed by atoms with Gasteiger partial charge >= 0.3 is 5.97 Å². The van der Waals surface area contributed by atoms with Crippen LogP contribution < -0.4 is 20.5 Å². The van der Waals surface area contributed by atoms with Crippen molar-refractivity contribution in [3.63, 3.8) is 0 Å². The number of fused-ring (bicyclic) bond motifs is 1. The number of nitrogens with two attached hydrogens (primary N) is 1. The fourth-order valence-electron chi connectivity index (χ4n) is 3.45. The Hall–Kier alpha value is -4.03. The zero-order chi connectivity index (χ0) is 22.0. The van der Waals surface area contributed by atoms with Crippen molar-refractivity contribution in [3.05, 3.63) is 85.3 Å². The standard InChI is InChI=1S/C22H17N5O3S/c1-2-30-22(29)18-17(14-6-4-8-26-12-14)15(10-23)21-27(19(18)24)20(28)16(31-21)9-13-5-3-7-25-11-13/h3-9,11-12,17H,2,24H2,1H3/b16-9-/t17-/m1/s1. The van der Waals surface area contributed by atoms with E-state index < -0.39 is 17.4 Å². The molecule has 0 aliphatic carbocycles. The maximum absolute atomic E-state index is 13.2. The molecule has 9 heteroatoms. The molecule has 0 bridgehead atoms. The Morgan fingerprint density at radius 1 is 1.32 bits per heavy atom. The molecule has 0 fully saturated rings. The quantitative estimate of drug-likeness (QED) is 0.603. The van der Waals surface area contributed by atoms with E-state index in [2.05, 4.69) is 16.0 Å². The number of aromatic nitrogens is 3. The molecule has 4 heterocycles. The predicted octanol–water partition coefficient (Wildman–Crippen LogP) is 0.691. The number of ether oxygens (including phenoxy) is 1. The third-order valence-electron chi connectivity index (χ3n) is 4.76. The molecule has 3 aromatic heterocycles. The predicted molar refractivity (Wildman–Crippen MR) is 116 cm³/mol. The SMILES string of the molecule is CCOC(=O)C1=C(N)n2c(s/c(=C\c3cccnc3)c2=O)=C(C#N)[C@H]1c1cccnc1. The van der Waals surface area contributed by atoms with Crippen LogP contribution in [0.4, 0.5) is 0 Å². The number of carbonyl (C=O) groups excluding carboxylic acids is 1. The van der Waals surface area contributed by atoms with E-state index in [9.17, 15) is 14.9 Å². The van der Waals surface area contributed by atoms with E-state index in [0.29, 0.717) is 14.8 Å². The second kappa shape index (κ2) is 8.38. The van der Waals surface area contributed by atoms with Crippen LogP contribution in [0.5, 0.6) is 0 Å². The Balaban J connectivity index is 2.07. The summed E-state index contributed by atoms with van der Waals surface area (Å²) in [5.41, 5.74) is 7.56. The molecule has 0 radical (unpaired) electrons. The second-order valence-corrected chi connectivity index (χ2v) is 7.64. The van der Waals surface area contributed by atoms with Crippen LogP contribution in [-0.2, 0) is 9.53 Å². The van der Waals surface area contributed by atoms with E-state index in [1.807, 2.05) is 6.07 Å². The van der Waals surface area contributed by atoms with Gasteiger partial charge in [0.15, 0.2) is 0 Å². The largest absolute Gasteiger partial charge is 0.463 e. The fraction of sp³-hybridized carbons (Fsp3) is 0.136. The van der Waals surface area contributed by atoms with Crippen molar-refractivity contribution in [3.8, 4) is 6.07 Å². The van der Waals surface area contributed by atoms with Crippen molar-refractivity contribution >= 4 is 34.8 Å². The van der Waals surface area contributed by atoms with Crippen molar-refractivity contribution in [2.45, 2.75) is 12.8 Å². The summed E-state index contributed by atoms with van der Waals surface area (Å²) in [4.78, 5) is 34.2. The molecule has 0 amide bonds. The smallest absolute Gasteiger partial charge is 0.338 e. The summed E-state index contributed by atoms with van der Waals surface area (Å²) < 4.78 is 7.16. The molecule has 31 heavy (non-hydrogen) atoms. The average molecular weight is 431 g/mol. The van der Waals surface area contributed by atoms with Gasteiger partial charge in [0, 0.05) is 24.8 Å². The lowest BCUT2D eigenvalue weighted by molar-refractivity contribution is -0.138. The zero-order valence-electron chi connectivity index (χ0n) is 16.5. The fourth-order valence-corrected chi connectivity index (χ4v) is 4.58. The van der Waals surface area contributed by atoms with Crippen molar-refractivity contribution in [1.82, 2.24) is 14.5 Å². The van der Waals surface area contributed by atoms with E-state index in [4.69, 9.17) is 10.5 Å². The van der Waals surface area contributed by atoms with E-state index in [1.165, 1.54) is 4.57 Å². The van der Waals surface area contributed by atoms with E-state index >= 15 is 0 Å². The van der Waals surface area contributed by atoms with Gasteiger partial charge in [0.1, 0.15) is 10.5 Å². The average Bonchev–Trinajstić information content (AvgIpc) is 3.11. The molecule has 3 aromatic rings. The molecule has 8 nitrogen and oxygen atoms in total. The van der Waals surface area contributed by atoms with Gasteiger partial charge in [-0.3, -0.25) is 19.3 Å². The molecule has 1 atom stereocenters. The number of esters is 1. The summed E-state index contributed by atoms with van der Waals surface area (Å²) in [5, 5.41) is 10.0. The molecular formula is C22H17N5O3S. The topological polar surface area (TPSA) is 124 Å². The Kier molecular flexibility index (Phi) is 5.47. The molecule has 4 rings (SSSR count). The molecule has 2 N–H and O–H groups in total. The van der Waals surface area contributed by atoms with Gasteiger partial charge in [0.05, 0.1) is 34.3 Å². The van der Waals surface area contributed by atoms with Crippen LogP contribution in [0.15, 0.2) is 59.4 Å². The maximum Gasteiger partial charge on any atom is 0.338 e. The van der Waals surface area contributed by atoms with Crippen molar-refractivity contribution < 1.29 is 9.53 Å². The monoisotopic (exact) mass is 431 g/mol. The van der Waals surface area contributed by atoms with Crippen LogP contribution in [0, 0.1) is 11.3 Å². The highest BCUT2D eigenvalue weighted by molar-refractivity contribution is 7.07. The summed E-state index contributed by atoms with van der Waals surface area (Å²) in [6.07, 6.45) is 8.10. The summed E-state index contributed by atoms with van der Waals surface area (Å²) in [7, 11) is 0. The molecule has 0 spiro atoms. The third-order valence-corrected chi connectivity index (χ3v) is 5.87. The summed E-state index contributed by atoms with van der Waals surface area (Å²) in [6.45, 7) is 1.80. The zero-order valence-corrected chi connectivity index (χ0v) is 17.3. The molecule has 0 aromatic carbocycles. The molecule has 154 valence electrons. The number of pyridine rings is 2. The first kappa shape index (κ1) is 20.3. The van der Waals surface area contributed by atoms with Crippen LogP contribution in [-0.4, -0.2) is 27.1 Å². The van der Waals surface area contributed by atoms with Gasteiger partial charge in [0.2, 0.25) is 0 Å².